The number of ether oxygens (including phenoxy) is 1. The summed E-state index contributed by atoms with van der Waals surface area (Å²) in [7, 11) is 3.98. The SMILES string of the molecule is CN(C)N1CCOCC1N. The highest BCUT2D eigenvalue weighted by Crippen LogP contribution is 2.01. The maximum Gasteiger partial charge on any atom is 0.0948 e. The molecule has 1 fully saturated rings. The molecule has 0 saturated carbocycles. The Morgan fingerprint density at radius 3 is 2.70 bits per heavy atom. The summed E-state index contributed by atoms with van der Waals surface area (Å²) in [5.74, 6) is 0. The van der Waals surface area contributed by atoms with Crippen LogP contribution in [0.1, 0.15) is 0 Å². The summed E-state index contributed by atoms with van der Waals surface area (Å²) >= 11 is 0. The average molecular weight is 145 g/mol. The normalized spacial score (nSPS) is 29.4. The molecule has 1 aliphatic heterocycles. The van der Waals surface area contributed by atoms with Crippen LogP contribution in [-0.4, -0.2) is 50.0 Å². The van der Waals surface area contributed by atoms with Crippen LogP contribution in [0.5, 0.6) is 0 Å². The number of hydrogen-bond acceptors (Lipinski definition) is 4. The average Bonchev–Trinajstić information content (AvgIpc) is 1.88. The van der Waals surface area contributed by atoms with Gasteiger partial charge in [-0.1, -0.05) is 0 Å². The van der Waals surface area contributed by atoms with Crippen LogP contribution in [-0.2, 0) is 4.74 Å². The van der Waals surface area contributed by atoms with Crippen LogP contribution in [0.15, 0.2) is 0 Å². The zero-order chi connectivity index (χ0) is 7.56. The van der Waals surface area contributed by atoms with Gasteiger partial charge in [0.2, 0.25) is 0 Å². The van der Waals surface area contributed by atoms with Gasteiger partial charge in [-0.05, 0) is 0 Å². The summed E-state index contributed by atoms with van der Waals surface area (Å²) in [4.78, 5) is 0. The highest BCUT2D eigenvalue weighted by Gasteiger charge is 2.19. The molecule has 0 amide bonds. The van der Waals surface area contributed by atoms with Crippen molar-refractivity contribution in [3.63, 3.8) is 0 Å². The number of hydrazine groups is 1. The minimum Gasteiger partial charge on any atom is -0.377 e. The lowest BCUT2D eigenvalue weighted by molar-refractivity contribution is -0.102. The van der Waals surface area contributed by atoms with Crippen molar-refractivity contribution < 1.29 is 4.74 Å². The molecule has 0 aliphatic carbocycles. The van der Waals surface area contributed by atoms with E-state index in [1.165, 1.54) is 0 Å². The molecule has 1 unspecified atom stereocenters. The summed E-state index contributed by atoms with van der Waals surface area (Å²) in [5.41, 5.74) is 5.74. The van der Waals surface area contributed by atoms with Crippen molar-refractivity contribution in [1.29, 1.82) is 0 Å². The Labute approximate surface area is 61.5 Å². The van der Waals surface area contributed by atoms with Crippen molar-refractivity contribution in [2.45, 2.75) is 6.17 Å². The number of nitrogens with zero attached hydrogens (tertiary/aromatic N) is 2. The van der Waals surface area contributed by atoms with Gasteiger partial charge in [-0.15, -0.1) is 0 Å². The van der Waals surface area contributed by atoms with Gasteiger partial charge in [0.1, 0.15) is 0 Å². The molecule has 1 heterocycles. The Bertz CT molecular complexity index is 107. The Morgan fingerprint density at radius 1 is 1.60 bits per heavy atom. The van der Waals surface area contributed by atoms with Crippen molar-refractivity contribution in [2.75, 3.05) is 33.9 Å². The van der Waals surface area contributed by atoms with Gasteiger partial charge in [0.15, 0.2) is 0 Å². The molecule has 0 aromatic carbocycles. The lowest BCUT2D eigenvalue weighted by atomic mass is 10.4. The van der Waals surface area contributed by atoms with Crippen LogP contribution in [0.4, 0.5) is 0 Å². The lowest BCUT2D eigenvalue weighted by Crippen LogP contribution is -2.56. The topological polar surface area (TPSA) is 41.7 Å². The fourth-order valence-corrected chi connectivity index (χ4v) is 1.11. The van der Waals surface area contributed by atoms with Gasteiger partial charge in [0, 0.05) is 20.6 Å². The van der Waals surface area contributed by atoms with Crippen molar-refractivity contribution in [1.82, 2.24) is 10.0 Å². The molecule has 60 valence electrons. The fraction of sp³-hybridized carbons (Fsp3) is 1.00. The standard InChI is InChI=1S/C6H15N3O/c1-8(2)9-3-4-10-5-6(9)7/h6H,3-5,7H2,1-2H3. The molecule has 1 rings (SSSR count). The second-order valence-corrected chi connectivity index (χ2v) is 2.65. The first-order chi connectivity index (χ1) is 4.72. The third-order valence-electron chi connectivity index (χ3n) is 1.65. The second-order valence-electron chi connectivity index (χ2n) is 2.65. The van der Waals surface area contributed by atoms with Gasteiger partial charge >= 0.3 is 0 Å². The van der Waals surface area contributed by atoms with E-state index in [1.54, 1.807) is 0 Å². The van der Waals surface area contributed by atoms with Crippen molar-refractivity contribution >= 4 is 0 Å². The smallest absolute Gasteiger partial charge is 0.0948 e. The molecule has 0 radical (unpaired) electrons. The molecule has 4 nitrogen and oxygen atoms in total. The molecule has 4 heteroatoms. The van der Waals surface area contributed by atoms with E-state index in [2.05, 4.69) is 5.01 Å². The first-order valence-corrected chi connectivity index (χ1v) is 3.49. The minimum absolute atomic E-state index is 0.0312. The van der Waals surface area contributed by atoms with Gasteiger partial charge in [0.05, 0.1) is 19.4 Å². The summed E-state index contributed by atoms with van der Waals surface area (Å²) in [6, 6.07) is 0. The molecule has 0 bridgehead atoms. The molecule has 0 aromatic heterocycles. The van der Waals surface area contributed by atoms with Gasteiger partial charge in [-0.3, -0.25) is 0 Å². The Morgan fingerprint density at radius 2 is 2.30 bits per heavy atom. The van der Waals surface area contributed by atoms with E-state index in [9.17, 15) is 0 Å². The molecule has 10 heavy (non-hydrogen) atoms. The van der Waals surface area contributed by atoms with Crippen LogP contribution in [0, 0.1) is 0 Å². The van der Waals surface area contributed by atoms with E-state index < -0.39 is 0 Å². The summed E-state index contributed by atoms with van der Waals surface area (Å²) in [6.45, 7) is 2.32. The Kier molecular flexibility index (Phi) is 2.62. The van der Waals surface area contributed by atoms with Crippen molar-refractivity contribution in [2.24, 2.45) is 5.73 Å². The molecule has 2 N–H and O–H groups in total. The highest BCUT2D eigenvalue weighted by atomic mass is 16.5. The Hall–Kier alpha value is -0.160. The third kappa shape index (κ3) is 1.67. The monoisotopic (exact) mass is 145 g/mol. The number of rotatable bonds is 1. The van der Waals surface area contributed by atoms with Gasteiger partial charge in [-0.2, -0.15) is 0 Å². The van der Waals surface area contributed by atoms with Crippen molar-refractivity contribution in [3.05, 3.63) is 0 Å². The van der Waals surface area contributed by atoms with E-state index >= 15 is 0 Å². The second kappa shape index (κ2) is 3.30. The van der Waals surface area contributed by atoms with Crippen LogP contribution < -0.4 is 5.73 Å². The molecular weight excluding hydrogens is 130 g/mol. The maximum absolute atomic E-state index is 5.74. The predicted molar refractivity (Wildman–Crippen MR) is 39.2 cm³/mol. The maximum atomic E-state index is 5.74. The number of nitrogens with two attached hydrogens (primary N) is 1. The van der Waals surface area contributed by atoms with Crippen LogP contribution >= 0.6 is 0 Å². The Balaban J connectivity index is 2.40. The zero-order valence-electron chi connectivity index (χ0n) is 6.58. The van der Waals surface area contributed by atoms with Crippen molar-refractivity contribution in [3.8, 4) is 0 Å². The largest absolute Gasteiger partial charge is 0.377 e. The lowest BCUT2D eigenvalue weighted by Gasteiger charge is -2.37. The molecular formula is C6H15N3O. The minimum atomic E-state index is 0.0312. The third-order valence-corrected chi connectivity index (χ3v) is 1.65. The first-order valence-electron chi connectivity index (χ1n) is 3.49. The molecule has 0 aromatic rings. The molecule has 0 spiro atoms. The van der Waals surface area contributed by atoms with Crippen LogP contribution in [0.25, 0.3) is 0 Å². The van der Waals surface area contributed by atoms with Crippen LogP contribution in [0.2, 0.25) is 0 Å². The van der Waals surface area contributed by atoms with Gasteiger partial charge in [0.25, 0.3) is 0 Å². The van der Waals surface area contributed by atoms with Gasteiger partial charge in [-0.25, -0.2) is 10.0 Å². The molecule has 1 aliphatic rings. The van der Waals surface area contributed by atoms with E-state index in [4.69, 9.17) is 10.5 Å². The summed E-state index contributed by atoms with van der Waals surface area (Å²) < 4.78 is 5.17. The first kappa shape index (κ1) is 7.94. The van der Waals surface area contributed by atoms with Crippen LogP contribution in [0.3, 0.4) is 0 Å². The zero-order valence-corrected chi connectivity index (χ0v) is 6.58. The van der Waals surface area contributed by atoms with E-state index in [-0.39, 0.29) is 6.17 Å². The molecule has 1 atom stereocenters. The van der Waals surface area contributed by atoms with Gasteiger partial charge < -0.3 is 10.5 Å². The van der Waals surface area contributed by atoms with E-state index in [1.807, 2.05) is 19.1 Å². The van der Waals surface area contributed by atoms with E-state index in [0.29, 0.717) is 6.61 Å². The number of hydrogen-bond donors (Lipinski definition) is 1. The summed E-state index contributed by atoms with van der Waals surface area (Å²) in [5, 5.41) is 4.09. The fourth-order valence-electron chi connectivity index (χ4n) is 1.11. The highest BCUT2D eigenvalue weighted by molar-refractivity contribution is 4.65. The quantitative estimate of drug-likeness (QED) is 0.518. The number of morpholine rings is 1. The predicted octanol–water partition coefficient (Wildman–Crippen LogP) is -0.920. The van der Waals surface area contributed by atoms with E-state index in [0.717, 1.165) is 13.2 Å². The summed E-state index contributed by atoms with van der Waals surface area (Å²) in [6.07, 6.45) is 0.0312. The molecule has 1 saturated heterocycles.